The second-order valence-corrected chi connectivity index (χ2v) is 8.72. The molecule has 0 unspecified atom stereocenters. The van der Waals surface area contributed by atoms with E-state index in [1.54, 1.807) is 29.2 Å². The summed E-state index contributed by atoms with van der Waals surface area (Å²) < 4.78 is 9.01. The van der Waals surface area contributed by atoms with Crippen molar-refractivity contribution in [2.45, 2.75) is 13.5 Å². The molecule has 5 rings (SSSR count). The van der Waals surface area contributed by atoms with E-state index in [9.17, 15) is 4.79 Å². The van der Waals surface area contributed by atoms with E-state index in [0.29, 0.717) is 18.0 Å². The molecular weight excluding hydrogens is 515 g/mol. The van der Waals surface area contributed by atoms with Crippen LogP contribution in [-0.2, 0) is 6.54 Å². The highest BCUT2D eigenvalue weighted by atomic mass is 127. The number of aryl methyl sites for hydroxylation is 1. The van der Waals surface area contributed by atoms with Crippen molar-refractivity contribution < 1.29 is 0 Å². The lowest BCUT2D eigenvalue weighted by molar-refractivity contribution is 0.746. The number of anilines is 2. The van der Waals surface area contributed by atoms with Crippen LogP contribution in [0.2, 0.25) is 0 Å². The van der Waals surface area contributed by atoms with Gasteiger partial charge in [-0.15, -0.1) is 0 Å². The zero-order chi connectivity index (χ0) is 20.7. The standard InChI is InChI=1S/C19H15IN8OS/c1-11-9-28-15(12-6-22-23-7-12)8-21-19(28)18(24-11)25-16-5-14(26-30-16)10-27-3-2-13(20)4-17(27)29/h2-9H,10H2,1H3,(H,22,23)(H,24,25). The van der Waals surface area contributed by atoms with Crippen molar-refractivity contribution in [2.75, 3.05) is 5.32 Å². The van der Waals surface area contributed by atoms with Crippen molar-refractivity contribution in [3.8, 4) is 11.3 Å². The Morgan fingerprint density at radius 1 is 1.30 bits per heavy atom. The van der Waals surface area contributed by atoms with Crippen LogP contribution in [0.25, 0.3) is 16.9 Å². The molecule has 0 atom stereocenters. The number of nitrogens with zero attached hydrogens (tertiary/aromatic N) is 6. The van der Waals surface area contributed by atoms with Crippen LogP contribution in [0.3, 0.4) is 0 Å². The maximum absolute atomic E-state index is 12.1. The van der Waals surface area contributed by atoms with Gasteiger partial charge in [-0.25, -0.2) is 9.97 Å². The molecule has 5 aromatic rings. The van der Waals surface area contributed by atoms with Crippen LogP contribution in [0.4, 0.5) is 10.8 Å². The minimum absolute atomic E-state index is 0.0457. The molecule has 0 radical (unpaired) electrons. The van der Waals surface area contributed by atoms with Gasteiger partial charge in [-0.3, -0.25) is 14.3 Å². The maximum atomic E-state index is 12.1. The van der Waals surface area contributed by atoms with Crippen LogP contribution in [0.15, 0.2) is 54.0 Å². The van der Waals surface area contributed by atoms with Gasteiger partial charge in [-0.2, -0.15) is 9.47 Å². The van der Waals surface area contributed by atoms with Crippen LogP contribution in [0.1, 0.15) is 11.4 Å². The van der Waals surface area contributed by atoms with Crippen molar-refractivity contribution in [2.24, 2.45) is 0 Å². The average Bonchev–Trinajstić information content (AvgIpc) is 3.44. The largest absolute Gasteiger partial charge is 0.328 e. The topological polar surface area (TPSA) is 106 Å². The molecule has 0 bridgehead atoms. The molecule has 0 spiro atoms. The summed E-state index contributed by atoms with van der Waals surface area (Å²) in [5.41, 5.74) is 4.19. The number of rotatable bonds is 5. The number of imidazole rings is 1. The van der Waals surface area contributed by atoms with E-state index < -0.39 is 0 Å². The molecule has 0 saturated carbocycles. The van der Waals surface area contributed by atoms with Crippen LogP contribution in [0, 0.1) is 10.5 Å². The second kappa shape index (κ2) is 7.65. The monoisotopic (exact) mass is 530 g/mol. The first kappa shape index (κ1) is 18.9. The number of pyridine rings is 1. The Bertz CT molecular complexity index is 1400. The number of aromatic nitrogens is 7. The van der Waals surface area contributed by atoms with Crippen molar-refractivity contribution in [3.63, 3.8) is 0 Å². The maximum Gasteiger partial charge on any atom is 0.251 e. The van der Waals surface area contributed by atoms with Gasteiger partial charge < -0.3 is 9.88 Å². The molecule has 0 aromatic carbocycles. The highest BCUT2D eigenvalue weighted by Gasteiger charge is 2.14. The predicted octanol–water partition coefficient (Wildman–Crippen LogP) is 3.44. The van der Waals surface area contributed by atoms with Gasteiger partial charge in [0.05, 0.1) is 36.0 Å². The van der Waals surface area contributed by atoms with Gasteiger partial charge in [-0.05, 0) is 53.2 Å². The average molecular weight is 530 g/mol. The Kier molecular flexibility index (Phi) is 4.83. The number of nitrogens with one attached hydrogen (secondary N) is 2. The van der Waals surface area contributed by atoms with E-state index in [1.165, 1.54) is 11.5 Å². The van der Waals surface area contributed by atoms with E-state index in [1.807, 2.05) is 35.9 Å². The Hall–Kier alpha value is -3.06. The van der Waals surface area contributed by atoms with E-state index >= 15 is 0 Å². The summed E-state index contributed by atoms with van der Waals surface area (Å²) in [6.45, 7) is 2.35. The zero-order valence-electron chi connectivity index (χ0n) is 15.7. The summed E-state index contributed by atoms with van der Waals surface area (Å²) in [7, 11) is 0. The van der Waals surface area contributed by atoms with Crippen molar-refractivity contribution >= 4 is 50.6 Å². The molecule has 5 aromatic heterocycles. The third kappa shape index (κ3) is 3.61. The molecule has 30 heavy (non-hydrogen) atoms. The van der Waals surface area contributed by atoms with E-state index in [0.717, 1.165) is 31.2 Å². The highest BCUT2D eigenvalue weighted by Crippen LogP contribution is 2.27. The molecule has 5 heterocycles. The van der Waals surface area contributed by atoms with Crippen LogP contribution >= 0.6 is 34.1 Å². The highest BCUT2D eigenvalue weighted by molar-refractivity contribution is 14.1. The SMILES string of the molecule is Cc1cn2c(-c3cn[nH]c3)cnc2c(Nc2cc(Cn3ccc(I)cc3=O)ns2)n1. The number of H-pyrrole nitrogens is 1. The quantitative estimate of drug-likeness (QED) is 0.338. The molecular formula is C19H15IN8OS. The number of hydrogen-bond acceptors (Lipinski definition) is 7. The smallest absolute Gasteiger partial charge is 0.251 e. The first-order chi connectivity index (χ1) is 14.6. The fraction of sp³-hybridized carbons (Fsp3) is 0.105. The Morgan fingerprint density at radius 3 is 3.00 bits per heavy atom. The number of hydrogen-bond donors (Lipinski definition) is 2. The van der Waals surface area contributed by atoms with E-state index in [-0.39, 0.29) is 5.56 Å². The van der Waals surface area contributed by atoms with Gasteiger partial charge >= 0.3 is 0 Å². The van der Waals surface area contributed by atoms with E-state index in [4.69, 9.17) is 0 Å². The zero-order valence-corrected chi connectivity index (χ0v) is 18.7. The van der Waals surface area contributed by atoms with Crippen molar-refractivity contribution in [1.29, 1.82) is 0 Å². The van der Waals surface area contributed by atoms with Crippen LogP contribution < -0.4 is 10.9 Å². The third-order valence-corrected chi connectivity index (χ3v) is 5.91. The first-order valence-corrected chi connectivity index (χ1v) is 10.8. The Balaban J connectivity index is 1.44. The summed E-state index contributed by atoms with van der Waals surface area (Å²) in [5.74, 6) is 0.645. The molecule has 2 N–H and O–H groups in total. The molecule has 0 saturated heterocycles. The summed E-state index contributed by atoms with van der Waals surface area (Å²) in [6, 6.07) is 5.43. The third-order valence-electron chi connectivity index (χ3n) is 4.50. The van der Waals surface area contributed by atoms with Crippen LogP contribution in [0.5, 0.6) is 0 Å². The minimum Gasteiger partial charge on any atom is -0.328 e. The number of aromatic amines is 1. The van der Waals surface area contributed by atoms with Gasteiger partial charge in [0.1, 0.15) is 5.00 Å². The van der Waals surface area contributed by atoms with Gasteiger partial charge in [0.15, 0.2) is 11.5 Å². The van der Waals surface area contributed by atoms with Crippen molar-refractivity contribution in [1.82, 2.24) is 33.5 Å². The van der Waals surface area contributed by atoms with Gasteiger partial charge in [0.2, 0.25) is 0 Å². The molecule has 9 nitrogen and oxygen atoms in total. The number of halogens is 1. The van der Waals surface area contributed by atoms with Crippen LogP contribution in [-0.4, -0.2) is 33.5 Å². The fourth-order valence-electron chi connectivity index (χ4n) is 3.15. The van der Waals surface area contributed by atoms with E-state index in [2.05, 4.69) is 52.4 Å². The lowest BCUT2D eigenvalue weighted by Gasteiger charge is -2.07. The van der Waals surface area contributed by atoms with Gasteiger partial charge in [0, 0.05) is 33.8 Å². The molecule has 0 amide bonds. The van der Waals surface area contributed by atoms with Gasteiger partial charge in [-0.1, -0.05) is 0 Å². The summed E-state index contributed by atoms with van der Waals surface area (Å²) in [5, 5.41) is 11.0. The summed E-state index contributed by atoms with van der Waals surface area (Å²) in [6.07, 6.45) is 9.11. The first-order valence-electron chi connectivity index (χ1n) is 8.99. The predicted molar refractivity (Wildman–Crippen MR) is 123 cm³/mol. The summed E-state index contributed by atoms with van der Waals surface area (Å²) in [4.78, 5) is 21.3. The molecule has 11 heteroatoms. The fourth-order valence-corrected chi connectivity index (χ4v) is 4.23. The summed E-state index contributed by atoms with van der Waals surface area (Å²) >= 11 is 3.45. The Morgan fingerprint density at radius 2 is 2.20 bits per heavy atom. The lowest BCUT2D eigenvalue weighted by atomic mass is 10.3. The molecule has 0 aliphatic rings. The lowest BCUT2D eigenvalue weighted by Crippen LogP contribution is -2.19. The normalized spacial score (nSPS) is 11.3. The van der Waals surface area contributed by atoms with Crippen molar-refractivity contribution in [3.05, 3.63) is 74.5 Å². The molecule has 0 fully saturated rings. The molecule has 0 aliphatic heterocycles. The molecule has 150 valence electrons. The molecule has 0 aliphatic carbocycles. The Labute approximate surface area is 188 Å². The minimum atomic E-state index is -0.0457. The second-order valence-electron chi connectivity index (χ2n) is 6.67. The number of fused-ring (bicyclic) bond motifs is 1. The van der Waals surface area contributed by atoms with Gasteiger partial charge in [0.25, 0.3) is 5.56 Å².